The molecule has 0 bridgehead atoms. The summed E-state index contributed by atoms with van der Waals surface area (Å²) in [5.74, 6) is 0.186. The number of ketones is 1. The molecule has 0 amide bonds. The molecule has 1 N–H and O–H groups in total. The Morgan fingerprint density at radius 1 is 1.09 bits per heavy atom. The molecule has 0 fully saturated rings. The third kappa shape index (κ3) is 3.99. The highest BCUT2D eigenvalue weighted by Gasteiger charge is 2.17. The minimum absolute atomic E-state index is 0.260. The van der Waals surface area contributed by atoms with E-state index in [1.54, 1.807) is 31.4 Å². The fourth-order valence-corrected chi connectivity index (χ4v) is 2.42. The second-order valence-electron chi connectivity index (χ2n) is 4.89. The quantitative estimate of drug-likeness (QED) is 0.295. The minimum Gasteiger partial charge on any atom is -0.497 e. The summed E-state index contributed by atoms with van der Waals surface area (Å²) in [5, 5.41) is 11.8. The highest BCUT2D eigenvalue weighted by Crippen LogP contribution is 2.31. The van der Waals surface area contributed by atoms with E-state index in [2.05, 4.69) is 5.16 Å². The van der Waals surface area contributed by atoms with Crippen LogP contribution in [0.25, 0.3) is 10.6 Å². The molecule has 0 radical (unpaired) electrons. The average Bonchev–Trinajstić information content (AvgIpc) is 2.56. The minimum atomic E-state index is -0.483. The lowest BCUT2D eigenvalue weighted by molar-refractivity contribution is -0.107. The van der Waals surface area contributed by atoms with Crippen LogP contribution in [0.5, 0.6) is 5.75 Å². The number of Topliss-reactive ketones (excluding diaryl/α,β-unsaturated/α-hetero) is 1. The van der Waals surface area contributed by atoms with Gasteiger partial charge in [-0.15, -0.1) is 0 Å². The zero-order valence-corrected chi connectivity index (χ0v) is 13.5. The zero-order chi connectivity index (χ0) is 16.8. The molecule has 0 atom stereocenters. The summed E-state index contributed by atoms with van der Waals surface area (Å²) < 4.78 is 5.11. The lowest BCUT2D eigenvalue weighted by atomic mass is 9.98. The fraction of sp³-hybridized carbons (Fsp3) is 0.111. The first-order chi connectivity index (χ1) is 11.1. The van der Waals surface area contributed by atoms with E-state index in [9.17, 15) is 4.79 Å². The number of carbonyl (C=O) groups excluding carboxylic acids is 1. The van der Waals surface area contributed by atoms with Crippen molar-refractivity contribution in [1.29, 1.82) is 0 Å². The smallest absolute Gasteiger partial charge is 0.209 e. The first-order valence-corrected chi connectivity index (χ1v) is 7.27. The molecule has 2 aromatic carbocycles. The van der Waals surface area contributed by atoms with Crippen molar-refractivity contribution in [3.63, 3.8) is 0 Å². The number of nitrogens with zero attached hydrogens (tertiary/aromatic N) is 1. The van der Waals surface area contributed by atoms with Gasteiger partial charge >= 0.3 is 0 Å². The summed E-state index contributed by atoms with van der Waals surface area (Å²) in [5.41, 5.74) is 2.67. The molecule has 23 heavy (non-hydrogen) atoms. The maximum absolute atomic E-state index is 12.3. The van der Waals surface area contributed by atoms with Crippen molar-refractivity contribution < 1.29 is 14.7 Å². The third-order valence-corrected chi connectivity index (χ3v) is 3.73. The van der Waals surface area contributed by atoms with Gasteiger partial charge in [0, 0.05) is 0 Å². The zero-order valence-electron chi connectivity index (χ0n) is 12.8. The topological polar surface area (TPSA) is 58.9 Å². The number of halogens is 1. The van der Waals surface area contributed by atoms with Crippen molar-refractivity contribution >= 4 is 34.2 Å². The van der Waals surface area contributed by atoms with Crippen LogP contribution in [0.15, 0.2) is 53.7 Å². The van der Waals surface area contributed by atoms with Crippen molar-refractivity contribution in [3.8, 4) is 5.75 Å². The molecule has 5 heteroatoms. The first kappa shape index (κ1) is 16.8. The highest BCUT2D eigenvalue weighted by molar-refractivity contribution is 6.62. The Balaban J connectivity index is 2.58. The molecule has 2 rings (SSSR count). The molecule has 0 heterocycles. The monoisotopic (exact) mass is 329 g/mol. The van der Waals surface area contributed by atoms with Crippen LogP contribution in [0.2, 0.25) is 0 Å². The Morgan fingerprint density at radius 3 is 2.17 bits per heavy atom. The van der Waals surface area contributed by atoms with Gasteiger partial charge in [-0.3, -0.25) is 4.79 Å². The van der Waals surface area contributed by atoms with Crippen LogP contribution in [-0.4, -0.2) is 24.3 Å². The first-order valence-electron chi connectivity index (χ1n) is 6.90. The van der Waals surface area contributed by atoms with Crippen molar-refractivity contribution in [3.05, 3.63) is 65.2 Å². The molecule has 0 aliphatic heterocycles. The molecule has 0 aliphatic carbocycles. The van der Waals surface area contributed by atoms with Crippen molar-refractivity contribution in [2.45, 2.75) is 6.92 Å². The second-order valence-corrected chi connectivity index (χ2v) is 5.27. The number of hydrogen-bond acceptors (Lipinski definition) is 4. The van der Waals surface area contributed by atoms with E-state index in [0.29, 0.717) is 21.9 Å². The molecule has 0 saturated heterocycles. The molecule has 0 aliphatic rings. The van der Waals surface area contributed by atoms with Gasteiger partial charge < -0.3 is 9.94 Å². The Hall–Kier alpha value is -2.59. The number of ether oxygens (including phenoxy) is 1. The van der Waals surface area contributed by atoms with E-state index in [4.69, 9.17) is 21.5 Å². The average molecular weight is 330 g/mol. The number of aryl methyl sites for hydroxylation is 1. The van der Waals surface area contributed by atoms with E-state index in [1.807, 2.05) is 31.2 Å². The van der Waals surface area contributed by atoms with E-state index < -0.39 is 5.78 Å². The van der Waals surface area contributed by atoms with Gasteiger partial charge in [-0.05, 0) is 30.2 Å². The molecule has 0 unspecified atom stereocenters. The SMILES string of the molecule is COc1ccc(C(C(=O)C=NO)=C(Cl)c2ccc(C)cc2)cc1. The van der Waals surface area contributed by atoms with Crippen LogP contribution in [0, 0.1) is 6.92 Å². The van der Waals surface area contributed by atoms with Crippen LogP contribution in [-0.2, 0) is 4.79 Å². The number of methoxy groups -OCH3 is 1. The summed E-state index contributed by atoms with van der Waals surface area (Å²) in [7, 11) is 1.56. The predicted octanol–water partition coefficient (Wildman–Crippen LogP) is 4.14. The molecule has 4 nitrogen and oxygen atoms in total. The Labute approximate surface area is 139 Å². The molecule has 2 aromatic rings. The summed E-state index contributed by atoms with van der Waals surface area (Å²) in [4.78, 5) is 12.3. The number of carbonyl (C=O) groups is 1. The van der Waals surface area contributed by atoms with Gasteiger partial charge in [0.2, 0.25) is 5.78 Å². The molecule has 0 spiro atoms. The summed E-state index contributed by atoms with van der Waals surface area (Å²) in [6.07, 6.45) is 0.829. The van der Waals surface area contributed by atoms with Crippen LogP contribution in [0.1, 0.15) is 16.7 Å². The molecular weight excluding hydrogens is 314 g/mol. The molecule has 0 saturated carbocycles. The Bertz CT molecular complexity index is 747. The van der Waals surface area contributed by atoms with Gasteiger partial charge in [0.1, 0.15) is 12.0 Å². The number of allylic oxidation sites excluding steroid dienone is 1. The van der Waals surface area contributed by atoms with Crippen LogP contribution >= 0.6 is 11.6 Å². The maximum atomic E-state index is 12.3. The van der Waals surface area contributed by atoms with Gasteiger partial charge in [0.25, 0.3) is 0 Å². The molecular formula is C18H16ClNO3. The number of oxime groups is 1. The predicted molar refractivity (Wildman–Crippen MR) is 92.1 cm³/mol. The van der Waals surface area contributed by atoms with Crippen molar-refractivity contribution in [2.24, 2.45) is 5.16 Å². The lowest BCUT2D eigenvalue weighted by Gasteiger charge is -2.10. The fourth-order valence-electron chi connectivity index (χ4n) is 2.10. The Morgan fingerprint density at radius 2 is 1.65 bits per heavy atom. The number of benzene rings is 2. The summed E-state index contributed by atoms with van der Waals surface area (Å²) in [6.45, 7) is 1.97. The van der Waals surface area contributed by atoms with E-state index in [0.717, 1.165) is 11.8 Å². The number of hydrogen-bond donors (Lipinski definition) is 1. The van der Waals surface area contributed by atoms with Crippen LogP contribution < -0.4 is 4.74 Å². The standard InChI is InChI=1S/C18H16ClNO3/c1-12-3-5-14(6-4-12)18(19)17(16(21)11-20-22)13-7-9-15(23-2)10-8-13/h3-11,22H,1-2H3. The molecule has 0 aromatic heterocycles. The van der Waals surface area contributed by atoms with Crippen molar-refractivity contribution in [2.75, 3.05) is 7.11 Å². The third-order valence-electron chi connectivity index (χ3n) is 3.32. The largest absolute Gasteiger partial charge is 0.497 e. The van der Waals surface area contributed by atoms with Crippen LogP contribution in [0.4, 0.5) is 0 Å². The van der Waals surface area contributed by atoms with Crippen LogP contribution in [0.3, 0.4) is 0 Å². The maximum Gasteiger partial charge on any atom is 0.209 e. The summed E-state index contributed by atoms with van der Waals surface area (Å²) >= 11 is 6.45. The van der Waals surface area contributed by atoms with Gasteiger partial charge in [-0.25, -0.2) is 0 Å². The summed E-state index contributed by atoms with van der Waals surface area (Å²) in [6, 6.07) is 14.4. The van der Waals surface area contributed by atoms with Gasteiger partial charge in [0.15, 0.2) is 0 Å². The highest BCUT2D eigenvalue weighted by atomic mass is 35.5. The van der Waals surface area contributed by atoms with E-state index >= 15 is 0 Å². The van der Waals surface area contributed by atoms with Gasteiger partial charge in [0.05, 0.1) is 17.7 Å². The molecule has 118 valence electrons. The van der Waals surface area contributed by atoms with E-state index in [-0.39, 0.29) is 5.57 Å². The van der Waals surface area contributed by atoms with E-state index in [1.165, 1.54) is 0 Å². The van der Waals surface area contributed by atoms with Gasteiger partial charge in [-0.1, -0.05) is 58.7 Å². The normalized spacial score (nSPS) is 12.1. The Kier molecular flexibility index (Phi) is 5.55. The lowest BCUT2D eigenvalue weighted by Crippen LogP contribution is -2.05. The van der Waals surface area contributed by atoms with Gasteiger partial charge in [-0.2, -0.15) is 0 Å². The second kappa shape index (κ2) is 7.61. The number of rotatable bonds is 5. The van der Waals surface area contributed by atoms with Crippen molar-refractivity contribution in [1.82, 2.24) is 0 Å².